The highest BCUT2D eigenvalue weighted by molar-refractivity contribution is 5.74. The molecule has 0 unspecified atom stereocenters. The van der Waals surface area contributed by atoms with E-state index in [-0.39, 0.29) is 0 Å². The van der Waals surface area contributed by atoms with E-state index < -0.39 is 0 Å². The van der Waals surface area contributed by atoms with Crippen molar-refractivity contribution >= 4 is 6.29 Å². The summed E-state index contributed by atoms with van der Waals surface area (Å²) in [5.74, 6) is 0.845. The minimum absolute atomic E-state index is 0.688. The molecule has 0 aromatic heterocycles. The molecule has 1 aromatic rings. The number of benzene rings is 1. The second-order valence-corrected chi connectivity index (χ2v) is 5.16. The van der Waals surface area contributed by atoms with Crippen LogP contribution in [0.25, 0.3) is 0 Å². The van der Waals surface area contributed by atoms with Gasteiger partial charge in [-0.1, -0.05) is 36.6 Å². The fourth-order valence-electron chi connectivity index (χ4n) is 2.32. The van der Waals surface area contributed by atoms with Crippen LogP contribution in [0.3, 0.4) is 0 Å². The van der Waals surface area contributed by atoms with Crippen LogP contribution in [-0.2, 0) is 0 Å². The number of carbonyl (C=O) groups is 1. The summed E-state index contributed by atoms with van der Waals surface area (Å²) < 4.78 is 5.65. The van der Waals surface area contributed by atoms with Gasteiger partial charge in [0.25, 0.3) is 0 Å². The van der Waals surface area contributed by atoms with Crippen molar-refractivity contribution in [2.24, 2.45) is 0 Å². The molecule has 0 radical (unpaired) electrons. The third-order valence-corrected chi connectivity index (χ3v) is 3.53. The molecule has 2 heteroatoms. The number of carbonyl (C=O) groups excluding carboxylic acids is 1. The van der Waals surface area contributed by atoms with E-state index in [0.717, 1.165) is 31.5 Å². The zero-order chi connectivity index (χ0) is 14.0. The lowest BCUT2D eigenvalue weighted by Crippen LogP contribution is -1.97. The smallest absolute Gasteiger partial charge is 0.150 e. The Balaban J connectivity index is 1.49. The Morgan fingerprint density at radius 3 is 2.55 bits per heavy atom. The number of hydrogen-bond acceptors (Lipinski definition) is 2. The summed E-state index contributed by atoms with van der Waals surface area (Å²) in [5.41, 5.74) is 2.25. The van der Waals surface area contributed by atoms with Crippen molar-refractivity contribution in [2.45, 2.75) is 38.5 Å². The molecule has 0 aliphatic heterocycles. The molecule has 2 nitrogen and oxygen atoms in total. The van der Waals surface area contributed by atoms with Gasteiger partial charge in [0.15, 0.2) is 0 Å². The number of hydrogen-bond donors (Lipinski definition) is 0. The predicted octanol–water partition coefficient (Wildman–Crippen LogP) is 4.71. The molecule has 1 aliphatic carbocycles. The first-order chi connectivity index (χ1) is 9.88. The highest BCUT2D eigenvalue weighted by atomic mass is 16.5. The van der Waals surface area contributed by atoms with E-state index in [1.54, 1.807) is 17.7 Å². The summed E-state index contributed by atoms with van der Waals surface area (Å²) >= 11 is 0. The molecule has 1 aliphatic rings. The van der Waals surface area contributed by atoms with Crippen molar-refractivity contribution in [3.63, 3.8) is 0 Å². The summed E-state index contributed by atoms with van der Waals surface area (Å²) in [6, 6.07) is 7.27. The third-order valence-electron chi connectivity index (χ3n) is 3.53. The summed E-state index contributed by atoms with van der Waals surface area (Å²) in [5, 5.41) is 0. The number of allylic oxidation sites excluding steroid dienone is 4. The van der Waals surface area contributed by atoms with Crippen LogP contribution in [0.15, 0.2) is 48.1 Å². The Kier molecular flexibility index (Phi) is 6.09. The Bertz CT molecular complexity index is 469. The molecule has 2 rings (SSSR count). The Morgan fingerprint density at radius 1 is 1.05 bits per heavy atom. The van der Waals surface area contributed by atoms with E-state index in [9.17, 15) is 4.79 Å². The fourth-order valence-corrected chi connectivity index (χ4v) is 2.32. The van der Waals surface area contributed by atoms with Gasteiger partial charge in [0.2, 0.25) is 0 Å². The Hall–Kier alpha value is -1.83. The molecule has 0 N–H and O–H groups in total. The molecular weight excluding hydrogens is 248 g/mol. The summed E-state index contributed by atoms with van der Waals surface area (Å²) in [6.45, 7) is 0.755. The minimum atomic E-state index is 0.688. The lowest BCUT2D eigenvalue weighted by Gasteiger charge is -2.06. The molecule has 0 fully saturated rings. The van der Waals surface area contributed by atoms with E-state index in [2.05, 4.69) is 18.2 Å². The van der Waals surface area contributed by atoms with Crippen molar-refractivity contribution < 1.29 is 9.53 Å². The minimum Gasteiger partial charge on any atom is -0.494 e. The topological polar surface area (TPSA) is 26.3 Å². The maximum Gasteiger partial charge on any atom is 0.150 e. The van der Waals surface area contributed by atoms with Crippen LogP contribution in [0.1, 0.15) is 48.9 Å². The van der Waals surface area contributed by atoms with Gasteiger partial charge in [-0.2, -0.15) is 0 Å². The average molecular weight is 270 g/mol. The molecular formula is C18H22O2. The third kappa shape index (κ3) is 5.04. The summed E-state index contributed by atoms with van der Waals surface area (Å²) in [7, 11) is 0. The number of ether oxygens (including phenoxy) is 1. The van der Waals surface area contributed by atoms with Crippen molar-refractivity contribution in [3.8, 4) is 5.75 Å². The molecule has 0 saturated carbocycles. The first-order valence-electron chi connectivity index (χ1n) is 7.41. The molecule has 1 aromatic carbocycles. The lowest BCUT2D eigenvalue weighted by molar-refractivity contribution is 0.112. The zero-order valence-corrected chi connectivity index (χ0v) is 11.9. The fraction of sp³-hybridized carbons (Fsp3) is 0.389. The Labute approximate surface area is 121 Å². The van der Waals surface area contributed by atoms with Crippen molar-refractivity contribution in [2.75, 3.05) is 6.61 Å². The van der Waals surface area contributed by atoms with Crippen molar-refractivity contribution in [1.82, 2.24) is 0 Å². The van der Waals surface area contributed by atoms with Crippen LogP contribution in [-0.4, -0.2) is 12.9 Å². The van der Waals surface area contributed by atoms with Crippen LogP contribution in [0, 0.1) is 0 Å². The molecule has 0 atom stereocenters. The van der Waals surface area contributed by atoms with Gasteiger partial charge in [0.1, 0.15) is 12.0 Å². The van der Waals surface area contributed by atoms with Crippen LogP contribution in [0.4, 0.5) is 0 Å². The number of unbranched alkanes of at least 4 members (excludes halogenated alkanes) is 3. The van der Waals surface area contributed by atoms with Crippen molar-refractivity contribution in [3.05, 3.63) is 53.6 Å². The molecule has 0 spiro atoms. The molecule has 106 valence electrons. The van der Waals surface area contributed by atoms with E-state index in [4.69, 9.17) is 4.74 Å². The molecule has 20 heavy (non-hydrogen) atoms. The summed E-state index contributed by atoms with van der Waals surface area (Å²) in [4.78, 5) is 10.5. The van der Waals surface area contributed by atoms with Gasteiger partial charge in [-0.25, -0.2) is 0 Å². The molecule has 0 amide bonds. The van der Waals surface area contributed by atoms with Crippen molar-refractivity contribution in [1.29, 1.82) is 0 Å². The average Bonchev–Trinajstić information content (AvgIpc) is 3.00. The lowest BCUT2D eigenvalue weighted by atomic mass is 10.1. The highest BCUT2D eigenvalue weighted by Gasteiger charge is 1.99. The predicted molar refractivity (Wildman–Crippen MR) is 82.2 cm³/mol. The molecule has 0 saturated heterocycles. The first-order valence-corrected chi connectivity index (χ1v) is 7.41. The molecule has 0 bridgehead atoms. The van der Waals surface area contributed by atoms with Gasteiger partial charge in [0, 0.05) is 5.56 Å². The second kappa shape index (κ2) is 8.36. The number of rotatable bonds is 9. The van der Waals surface area contributed by atoms with Gasteiger partial charge in [-0.15, -0.1) is 0 Å². The van der Waals surface area contributed by atoms with E-state index in [1.165, 1.54) is 25.7 Å². The summed E-state index contributed by atoms with van der Waals surface area (Å²) in [6.07, 6.45) is 14.7. The van der Waals surface area contributed by atoms with Crippen LogP contribution in [0.5, 0.6) is 5.75 Å². The quantitative estimate of drug-likeness (QED) is 0.479. The van der Waals surface area contributed by atoms with E-state index >= 15 is 0 Å². The standard InChI is InChI=1S/C18H22O2/c19-15-17-10-12-18(13-11-17)20-14-6-2-1-3-7-16-8-4-5-9-16/h4-5,8,10-13,15H,1-3,6-7,9,14H2. The Morgan fingerprint density at radius 2 is 1.85 bits per heavy atom. The van der Waals surface area contributed by atoms with E-state index in [0.29, 0.717) is 5.56 Å². The van der Waals surface area contributed by atoms with Gasteiger partial charge in [-0.3, -0.25) is 4.79 Å². The van der Waals surface area contributed by atoms with E-state index in [1.807, 2.05) is 12.1 Å². The second-order valence-electron chi connectivity index (χ2n) is 5.16. The highest BCUT2D eigenvalue weighted by Crippen LogP contribution is 2.18. The van der Waals surface area contributed by atoms with Crippen LogP contribution < -0.4 is 4.74 Å². The largest absolute Gasteiger partial charge is 0.494 e. The van der Waals surface area contributed by atoms with Crippen LogP contribution in [0.2, 0.25) is 0 Å². The molecule has 0 heterocycles. The monoisotopic (exact) mass is 270 g/mol. The van der Waals surface area contributed by atoms with Gasteiger partial charge >= 0.3 is 0 Å². The van der Waals surface area contributed by atoms with Crippen LogP contribution >= 0.6 is 0 Å². The van der Waals surface area contributed by atoms with Gasteiger partial charge in [0.05, 0.1) is 6.61 Å². The maximum atomic E-state index is 10.5. The SMILES string of the molecule is O=Cc1ccc(OCCCCCCC2=CC=CC2)cc1. The first kappa shape index (κ1) is 14.6. The van der Waals surface area contributed by atoms with Gasteiger partial charge in [-0.05, 0) is 49.9 Å². The normalized spacial score (nSPS) is 13.3. The number of aldehydes is 1. The maximum absolute atomic E-state index is 10.5. The zero-order valence-electron chi connectivity index (χ0n) is 11.9. The van der Waals surface area contributed by atoms with Gasteiger partial charge < -0.3 is 4.74 Å².